The van der Waals surface area contributed by atoms with Crippen LogP contribution >= 0.6 is 0 Å². The molecule has 6 N–H and O–H groups in total. The fourth-order valence-electron chi connectivity index (χ4n) is 3.53. The summed E-state index contributed by atoms with van der Waals surface area (Å²) in [4.78, 5) is 0. The zero-order chi connectivity index (χ0) is 16.3. The quantitative estimate of drug-likeness (QED) is 0.362. The van der Waals surface area contributed by atoms with Gasteiger partial charge in [-0.3, -0.25) is 5.32 Å². The Bertz CT molecular complexity index is 1050. The van der Waals surface area contributed by atoms with Crippen molar-refractivity contribution in [1.82, 2.24) is 0 Å². The third kappa shape index (κ3) is 2.19. The minimum atomic E-state index is 0. The van der Waals surface area contributed by atoms with E-state index in [0.717, 1.165) is 55.8 Å². The molecule has 0 fully saturated rings. The maximum absolute atomic E-state index is 6.20. The highest BCUT2D eigenvalue weighted by Gasteiger charge is 2.27. The van der Waals surface area contributed by atoms with E-state index < -0.39 is 0 Å². The first-order valence-electron chi connectivity index (χ1n) is 7.87. The molecule has 1 aliphatic heterocycles. The van der Waals surface area contributed by atoms with Gasteiger partial charge in [-0.05, 0) is 12.1 Å². The van der Waals surface area contributed by atoms with Gasteiger partial charge in [0.05, 0.1) is 0 Å². The maximum Gasteiger partial charge on any atom is 0.191 e. The molecule has 5 rings (SSSR count). The lowest BCUT2D eigenvalue weighted by Crippen LogP contribution is -3.00. The molecule has 0 unspecified atom stereocenters. The van der Waals surface area contributed by atoms with Crippen molar-refractivity contribution >= 4 is 44.3 Å². The van der Waals surface area contributed by atoms with E-state index in [4.69, 9.17) is 16.2 Å². The number of quaternary nitrogens is 1. The van der Waals surface area contributed by atoms with E-state index in [0.29, 0.717) is 0 Å². The maximum atomic E-state index is 6.20. The number of hydrogen-bond acceptors (Lipinski definition) is 3. The van der Waals surface area contributed by atoms with Crippen LogP contribution in [0.5, 0.6) is 11.5 Å². The first-order chi connectivity index (χ1) is 11.7. The number of ether oxygens (including phenoxy) is 1. The summed E-state index contributed by atoms with van der Waals surface area (Å²) in [5, 5.41) is 6.45. The van der Waals surface area contributed by atoms with E-state index in [-0.39, 0.29) is 12.4 Å². The Balaban J connectivity index is 0.00000157. The van der Waals surface area contributed by atoms with Crippen molar-refractivity contribution in [3.05, 3.63) is 60.7 Å². The lowest BCUT2D eigenvalue weighted by Gasteiger charge is -2.21. The molecule has 0 radical (unpaired) electrons. The van der Waals surface area contributed by atoms with Crippen molar-refractivity contribution < 1.29 is 22.5 Å². The van der Waals surface area contributed by atoms with Gasteiger partial charge in [0.2, 0.25) is 0 Å². The number of benzene rings is 4. The fourth-order valence-corrected chi connectivity index (χ4v) is 3.53. The molecule has 0 amide bonds. The van der Waals surface area contributed by atoms with Crippen LogP contribution in [0.3, 0.4) is 0 Å². The molecule has 0 saturated heterocycles. The lowest BCUT2D eigenvalue weighted by molar-refractivity contribution is -0.479. The van der Waals surface area contributed by atoms with Crippen molar-refractivity contribution in [2.45, 2.75) is 0 Å². The zero-order valence-electron chi connectivity index (χ0n) is 13.3. The Kier molecular flexibility index (Phi) is 3.46. The number of nitrogen functional groups attached to an aromatic ring is 2. The first kappa shape index (κ1) is 15.6. The summed E-state index contributed by atoms with van der Waals surface area (Å²) in [6.45, 7) is 0. The average Bonchev–Trinajstić information content (AvgIpc) is 2.61. The van der Waals surface area contributed by atoms with Gasteiger partial charge in [0.1, 0.15) is 0 Å². The topological polar surface area (TPSA) is 77.9 Å². The van der Waals surface area contributed by atoms with Crippen LogP contribution in [0.25, 0.3) is 21.5 Å². The molecule has 0 aromatic heterocycles. The minimum absolute atomic E-state index is 0. The molecule has 4 aromatic carbocycles. The Morgan fingerprint density at radius 3 is 1.48 bits per heavy atom. The fraction of sp³-hybridized carbons (Fsp3) is 0. The van der Waals surface area contributed by atoms with Crippen molar-refractivity contribution in [3.8, 4) is 11.5 Å². The summed E-state index contributed by atoms with van der Waals surface area (Å²) < 4.78 is 6.16. The SMILES string of the molecule is Nc1cc2c(c3ccccc13)[NH2+]c1c(cc(N)c3ccccc13)O2.[Cl-]. The monoisotopic (exact) mass is 349 g/mol. The Morgan fingerprint density at radius 1 is 0.640 bits per heavy atom. The number of anilines is 2. The molecular formula is C20H16ClN3O. The van der Waals surface area contributed by atoms with Gasteiger partial charge in [-0.25, -0.2) is 0 Å². The van der Waals surface area contributed by atoms with Gasteiger partial charge >= 0.3 is 0 Å². The second-order valence-electron chi connectivity index (χ2n) is 6.09. The van der Waals surface area contributed by atoms with Crippen LogP contribution in [-0.4, -0.2) is 0 Å². The number of rotatable bonds is 0. The molecule has 4 nitrogen and oxygen atoms in total. The summed E-state index contributed by atoms with van der Waals surface area (Å²) in [5.41, 5.74) is 16.0. The Labute approximate surface area is 150 Å². The smallest absolute Gasteiger partial charge is 0.191 e. The molecule has 0 saturated carbocycles. The summed E-state index contributed by atoms with van der Waals surface area (Å²) in [6.07, 6.45) is 0. The molecule has 124 valence electrons. The Hall–Kier alpha value is -2.95. The number of halogens is 1. The average molecular weight is 350 g/mol. The number of hydrogen-bond donors (Lipinski definition) is 3. The van der Waals surface area contributed by atoms with Gasteiger partial charge in [-0.1, -0.05) is 36.4 Å². The van der Waals surface area contributed by atoms with Gasteiger partial charge in [-0.2, -0.15) is 0 Å². The van der Waals surface area contributed by atoms with E-state index in [1.807, 2.05) is 48.5 Å². The molecule has 0 spiro atoms. The van der Waals surface area contributed by atoms with Crippen molar-refractivity contribution in [1.29, 1.82) is 0 Å². The molecule has 4 aromatic rings. The van der Waals surface area contributed by atoms with E-state index in [1.165, 1.54) is 0 Å². The summed E-state index contributed by atoms with van der Waals surface area (Å²) in [7, 11) is 0. The van der Waals surface area contributed by atoms with Gasteiger partial charge < -0.3 is 28.6 Å². The van der Waals surface area contributed by atoms with Crippen LogP contribution in [0.4, 0.5) is 22.7 Å². The number of nitrogens with two attached hydrogens (primary N) is 3. The minimum Gasteiger partial charge on any atom is -1.00 e. The van der Waals surface area contributed by atoms with Gasteiger partial charge in [0, 0.05) is 45.1 Å². The van der Waals surface area contributed by atoms with Gasteiger partial charge in [0.15, 0.2) is 22.9 Å². The van der Waals surface area contributed by atoms with Crippen LogP contribution in [0, 0.1) is 0 Å². The standard InChI is InChI=1S/C20H15N3O.ClH/c21-15-9-17-19(13-7-3-1-5-11(13)15)23-20-14-8-4-2-6-12(14)16(22)10-18(20)24-17;/h1-10,23H,21-22H2;1H. The molecule has 1 heterocycles. The molecule has 0 aliphatic carbocycles. The summed E-state index contributed by atoms with van der Waals surface area (Å²) in [5.74, 6) is 1.54. The normalized spacial score (nSPS) is 12.2. The van der Waals surface area contributed by atoms with Crippen molar-refractivity contribution in [2.24, 2.45) is 0 Å². The highest BCUT2D eigenvalue weighted by molar-refractivity contribution is 6.05. The van der Waals surface area contributed by atoms with Crippen LogP contribution in [0.15, 0.2) is 60.7 Å². The molecule has 0 bridgehead atoms. The second kappa shape index (κ2) is 5.55. The van der Waals surface area contributed by atoms with E-state index in [2.05, 4.69) is 17.4 Å². The van der Waals surface area contributed by atoms with Crippen LogP contribution < -0.4 is 33.9 Å². The van der Waals surface area contributed by atoms with Crippen LogP contribution in [0.2, 0.25) is 0 Å². The van der Waals surface area contributed by atoms with Crippen LogP contribution in [0.1, 0.15) is 0 Å². The van der Waals surface area contributed by atoms with Gasteiger partial charge in [-0.15, -0.1) is 0 Å². The van der Waals surface area contributed by atoms with E-state index in [1.54, 1.807) is 0 Å². The first-order valence-corrected chi connectivity index (χ1v) is 7.87. The molecule has 25 heavy (non-hydrogen) atoms. The second-order valence-corrected chi connectivity index (χ2v) is 6.09. The lowest BCUT2D eigenvalue weighted by atomic mass is 10.0. The van der Waals surface area contributed by atoms with Crippen molar-refractivity contribution in [3.63, 3.8) is 0 Å². The highest BCUT2D eigenvalue weighted by Crippen LogP contribution is 2.45. The largest absolute Gasteiger partial charge is 1.00 e. The molecule has 5 heteroatoms. The summed E-state index contributed by atoms with van der Waals surface area (Å²) in [6, 6.07) is 20.1. The predicted molar refractivity (Wildman–Crippen MR) is 98.0 cm³/mol. The molecule has 0 atom stereocenters. The third-order valence-electron chi connectivity index (χ3n) is 4.67. The predicted octanol–water partition coefficient (Wildman–Crippen LogP) is 0.794. The zero-order valence-corrected chi connectivity index (χ0v) is 14.0. The van der Waals surface area contributed by atoms with Crippen LogP contribution in [-0.2, 0) is 0 Å². The van der Waals surface area contributed by atoms with E-state index in [9.17, 15) is 0 Å². The highest BCUT2D eigenvalue weighted by atomic mass is 35.5. The van der Waals surface area contributed by atoms with E-state index >= 15 is 0 Å². The summed E-state index contributed by atoms with van der Waals surface area (Å²) >= 11 is 0. The van der Waals surface area contributed by atoms with Crippen molar-refractivity contribution in [2.75, 3.05) is 11.5 Å². The molecular weight excluding hydrogens is 334 g/mol. The van der Waals surface area contributed by atoms with Gasteiger partial charge in [0.25, 0.3) is 0 Å². The third-order valence-corrected chi connectivity index (χ3v) is 4.67. The Morgan fingerprint density at radius 2 is 1.04 bits per heavy atom. The molecule has 1 aliphatic rings. The number of fused-ring (bicyclic) bond motifs is 6.